The fourth-order valence-electron chi connectivity index (χ4n) is 4.26. The van der Waals surface area contributed by atoms with E-state index in [2.05, 4.69) is 34.9 Å². The van der Waals surface area contributed by atoms with Crippen LogP contribution in [-0.4, -0.2) is 43.5 Å². The van der Waals surface area contributed by atoms with Gasteiger partial charge in [-0.15, -0.1) is 0 Å². The quantitative estimate of drug-likeness (QED) is 0.871. The number of carbonyl (C=O) groups is 1. The summed E-state index contributed by atoms with van der Waals surface area (Å²) in [6.07, 6.45) is 10.1. The molecular weight excluding hydrogens is 328 g/mol. The van der Waals surface area contributed by atoms with E-state index in [-0.39, 0.29) is 30.2 Å². The first-order valence-corrected chi connectivity index (χ1v) is 9.83. The number of fused-ring (bicyclic) bond motifs is 1. The molecule has 2 aliphatic heterocycles. The van der Waals surface area contributed by atoms with Crippen LogP contribution in [0.1, 0.15) is 37.7 Å². The second kappa shape index (κ2) is 8.23. The van der Waals surface area contributed by atoms with Gasteiger partial charge >= 0.3 is 6.03 Å². The number of amides is 2. The zero-order chi connectivity index (χ0) is 17.8. The van der Waals surface area contributed by atoms with Crippen LogP contribution in [0.4, 0.5) is 4.79 Å². The first kappa shape index (κ1) is 17.6. The molecule has 4 atom stereocenters. The molecule has 5 heteroatoms. The van der Waals surface area contributed by atoms with Gasteiger partial charge in [-0.2, -0.15) is 0 Å². The number of nitrogens with one attached hydrogen (secondary N) is 2. The third-order valence-electron chi connectivity index (χ3n) is 5.68. The van der Waals surface area contributed by atoms with E-state index in [1.807, 2.05) is 18.2 Å². The van der Waals surface area contributed by atoms with Crippen molar-refractivity contribution < 1.29 is 14.3 Å². The summed E-state index contributed by atoms with van der Waals surface area (Å²) in [5.41, 5.74) is 1.18. The average molecular weight is 356 g/mol. The van der Waals surface area contributed by atoms with Crippen molar-refractivity contribution in [1.29, 1.82) is 0 Å². The lowest BCUT2D eigenvalue weighted by atomic mass is 9.96. The Morgan fingerprint density at radius 1 is 0.962 bits per heavy atom. The summed E-state index contributed by atoms with van der Waals surface area (Å²) >= 11 is 0. The van der Waals surface area contributed by atoms with E-state index in [1.165, 1.54) is 24.8 Å². The molecule has 0 unspecified atom stereocenters. The number of benzene rings is 1. The fourth-order valence-corrected chi connectivity index (χ4v) is 4.26. The topological polar surface area (TPSA) is 59.6 Å². The number of hydrogen-bond acceptors (Lipinski definition) is 3. The predicted molar refractivity (Wildman–Crippen MR) is 101 cm³/mol. The van der Waals surface area contributed by atoms with Gasteiger partial charge in [-0.3, -0.25) is 0 Å². The normalized spacial score (nSPS) is 31.8. The highest BCUT2D eigenvalue weighted by molar-refractivity contribution is 5.74. The van der Waals surface area contributed by atoms with Crippen molar-refractivity contribution in [3.05, 3.63) is 42.0 Å². The van der Waals surface area contributed by atoms with E-state index in [0.29, 0.717) is 19.3 Å². The van der Waals surface area contributed by atoms with Gasteiger partial charge < -0.3 is 20.1 Å². The van der Waals surface area contributed by atoms with Gasteiger partial charge in [0.2, 0.25) is 0 Å². The number of ether oxygens (including phenoxy) is 2. The minimum absolute atomic E-state index is 0.0231. The molecule has 3 aliphatic rings. The molecule has 1 aromatic rings. The highest BCUT2D eigenvalue weighted by Crippen LogP contribution is 2.32. The zero-order valence-electron chi connectivity index (χ0n) is 15.1. The molecule has 2 heterocycles. The van der Waals surface area contributed by atoms with Crippen molar-refractivity contribution >= 4 is 12.1 Å². The van der Waals surface area contributed by atoms with E-state index in [0.717, 1.165) is 12.8 Å². The van der Waals surface area contributed by atoms with Crippen LogP contribution in [0.2, 0.25) is 0 Å². The summed E-state index contributed by atoms with van der Waals surface area (Å²) in [4.78, 5) is 12.3. The lowest BCUT2D eigenvalue weighted by Gasteiger charge is -2.24. The van der Waals surface area contributed by atoms with Crippen molar-refractivity contribution in [2.75, 3.05) is 13.2 Å². The highest BCUT2D eigenvalue weighted by atomic mass is 16.6. The number of rotatable bonds is 4. The van der Waals surface area contributed by atoms with Crippen LogP contribution in [0, 0.1) is 5.92 Å². The minimum atomic E-state index is -0.0852. The molecule has 2 amide bonds. The molecule has 4 rings (SSSR count). The van der Waals surface area contributed by atoms with Gasteiger partial charge in [0.1, 0.15) is 6.10 Å². The molecule has 0 aromatic heterocycles. The highest BCUT2D eigenvalue weighted by Gasteiger charge is 2.47. The van der Waals surface area contributed by atoms with Crippen LogP contribution in [0.5, 0.6) is 0 Å². The summed E-state index contributed by atoms with van der Waals surface area (Å²) < 4.78 is 11.9. The lowest BCUT2D eigenvalue weighted by Crippen LogP contribution is -2.50. The van der Waals surface area contributed by atoms with Gasteiger partial charge in [-0.1, -0.05) is 61.7 Å². The van der Waals surface area contributed by atoms with E-state index >= 15 is 0 Å². The van der Waals surface area contributed by atoms with Crippen molar-refractivity contribution in [3.63, 3.8) is 0 Å². The molecule has 5 nitrogen and oxygen atoms in total. The molecule has 1 saturated carbocycles. The molecular formula is C21H28N2O3. The summed E-state index contributed by atoms with van der Waals surface area (Å²) in [5.74, 6) is 0.230. The van der Waals surface area contributed by atoms with Crippen molar-refractivity contribution in [3.8, 4) is 0 Å². The maximum atomic E-state index is 12.3. The molecule has 1 aliphatic carbocycles. The smallest absolute Gasteiger partial charge is 0.315 e. The van der Waals surface area contributed by atoms with Crippen LogP contribution in [-0.2, 0) is 9.47 Å². The van der Waals surface area contributed by atoms with E-state index in [4.69, 9.17) is 9.47 Å². The Morgan fingerprint density at radius 2 is 1.73 bits per heavy atom. The van der Waals surface area contributed by atoms with Crippen molar-refractivity contribution in [2.45, 2.75) is 56.4 Å². The first-order valence-electron chi connectivity index (χ1n) is 9.83. The molecule has 0 radical (unpaired) electrons. The number of hydrogen-bond donors (Lipinski definition) is 2. The number of carbonyl (C=O) groups excluding carboxylic acids is 1. The van der Waals surface area contributed by atoms with Crippen LogP contribution >= 0.6 is 0 Å². The molecule has 0 spiro atoms. The Hall–Kier alpha value is -1.85. The van der Waals surface area contributed by atoms with Crippen LogP contribution in [0.3, 0.4) is 0 Å². The van der Waals surface area contributed by atoms with Crippen LogP contribution < -0.4 is 10.6 Å². The standard InChI is InChI=1S/C21H28N2O3/c24-21(22-17-9-5-2-6-10-17)23-18-14-26-19-16(13-25-20(18)19)12-11-15-7-3-1-4-8-15/h1,3-4,7-8,11-12,16-20H,2,5-6,9-10,13-14H2,(H2,22,23,24)/b12-11-/t16-,18-,19+,20+/m0/s1. The largest absolute Gasteiger partial charge is 0.373 e. The van der Waals surface area contributed by atoms with Crippen LogP contribution in [0.25, 0.3) is 6.08 Å². The Balaban J connectivity index is 1.29. The molecule has 0 bridgehead atoms. The van der Waals surface area contributed by atoms with Crippen molar-refractivity contribution in [2.24, 2.45) is 5.92 Å². The third kappa shape index (κ3) is 4.10. The molecule has 2 N–H and O–H groups in total. The average Bonchev–Trinajstić information content (AvgIpc) is 3.25. The Labute approximate surface area is 155 Å². The SMILES string of the molecule is O=C(NC1CCCCC1)N[C@H]1CO[C@H]2[C@@H]1OC[C@@H]2/C=C\c1ccccc1. The molecule has 3 fully saturated rings. The monoisotopic (exact) mass is 356 g/mol. The first-order chi connectivity index (χ1) is 12.8. The van der Waals surface area contributed by atoms with E-state index in [9.17, 15) is 4.79 Å². The zero-order valence-corrected chi connectivity index (χ0v) is 15.1. The molecule has 2 saturated heterocycles. The molecule has 26 heavy (non-hydrogen) atoms. The van der Waals surface area contributed by atoms with Crippen molar-refractivity contribution in [1.82, 2.24) is 10.6 Å². The Morgan fingerprint density at radius 3 is 2.54 bits per heavy atom. The number of urea groups is 1. The van der Waals surface area contributed by atoms with Gasteiger partial charge in [0, 0.05) is 12.0 Å². The summed E-state index contributed by atoms with van der Waals surface area (Å²) in [7, 11) is 0. The predicted octanol–water partition coefficient (Wildman–Crippen LogP) is 3.11. The van der Waals surface area contributed by atoms with Gasteiger partial charge in [0.25, 0.3) is 0 Å². The molecule has 1 aromatic carbocycles. The van der Waals surface area contributed by atoms with Crippen LogP contribution in [0.15, 0.2) is 36.4 Å². The maximum absolute atomic E-state index is 12.3. The third-order valence-corrected chi connectivity index (χ3v) is 5.68. The summed E-state index contributed by atoms with van der Waals surface area (Å²) in [6, 6.07) is 10.4. The minimum Gasteiger partial charge on any atom is -0.373 e. The second-order valence-electron chi connectivity index (χ2n) is 7.59. The maximum Gasteiger partial charge on any atom is 0.315 e. The lowest BCUT2D eigenvalue weighted by molar-refractivity contribution is 0.0661. The van der Waals surface area contributed by atoms with Gasteiger partial charge in [0.05, 0.1) is 25.4 Å². The van der Waals surface area contributed by atoms with Gasteiger partial charge in [-0.25, -0.2) is 4.79 Å². The molecule has 140 valence electrons. The second-order valence-corrected chi connectivity index (χ2v) is 7.59. The van der Waals surface area contributed by atoms with Gasteiger partial charge in [-0.05, 0) is 18.4 Å². The Bertz CT molecular complexity index is 627. The van der Waals surface area contributed by atoms with E-state index < -0.39 is 0 Å². The summed E-state index contributed by atoms with van der Waals surface area (Å²) in [6.45, 7) is 1.16. The Kier molecular flexibility index (Phi) is 5.56. The van der Waals surface area contributed by atoms with Gasteiger partial charge in [0.15, 0.2) is 0 Å². The summed E-state index contributed by atoms with van der Waals surface area (Å²) in [5, 5.41) is 6.18. The fraction of sp³-hybridized carbons (Fsp3) is 0.571. The van der Waals surface area contributed by atoms with E-state index in [1.54, 1.807) is 0 Å².